The van der Waals surface area contributed by atoms with Gasteiger partial charge in [-0.25, -0.2) is 9.67 Å². The van der Waals surface area contributed by atoms with Gasteiger partial charge in [0, 0.05) is 32.3 Å². The van der Waals surface area contributed by atoms with Crippen molar-refractivity contribution in [1.29, 1.82) is 0 Å². The third-order valence-electron chi connectivity index (χ3n) is 5.46. The van der Waals surface area contributed by atoms with Gasteiger partial charge in [-0.2, -0.15) is 10.1 Å². The molecule has 0 aromatic carbocycles. The van der Waals surface area contributed by atoms with E-state index in [2.05, 4.69) is 44.4 Å². The third-order valence-corrected chi connectivity index (χ3v) is 5.46. The van der Waals surface area contributed by atoms with Crippen molar-refractivity contribution in [2.75, 3.05) is 36.4 Å². The number of piperidine rings is 1. The molecule has 1 amide bonds. The van der Waals surface area contributed by atoms with Gasteiger partial charge in [-0.1, -0.05) is 0 Å². The highest BCUT2D eigenvalue weighted by molar-refractivity contribution is 6.03. The zero-order valence-corrected chi connectivity index (χ0v) is 17.3. The quantitative estimate of drug-likeness (QED) is 0.805. The number of rotatable bonds is 4. The molecule has 2 N–H and O–H groups in total. The Morgan fingerprint density at radius 2 is 1.93 bits per heavy atom. The van der Waals surface area contributed by atoms with Crippen molar-refractivity contribution < 1.29 is 9.53 Å². The molecule has 2 aliphatic heterocycles. The van der Waals surface area contributed by atoms with Crippen LogP contribution in [-0.4, -0.2) is 64.0 Å². The van der Waals surface area contributed by atoms with Gasteiger partial charge in [0.1, 0.15) is 5.82 Å². The number of carbonyl (C=O) groups is 1. The summed E-state index contributed by atoms with van der Waals surface area (Å²) in [7, 11) is 1.80. The number of aryl methyl sites for hydroxylation is 1. The molecule has 2 saturated heterocycles. The van der Waals surface area contributed by atoms with Crippen LogP contribution in [0.1, 0.15) is 48.8 Å². The van der Waals surface area contributed by atoms with Gasteiger partial charge >= 0.3 is 0 Å². The molecule has 2 unspecified atom stereocenters. The maximum atomic E-state index is 12.7. The molecular weight excluding hydrogens is 370 g/mol. The number of carbonyl (C=O) groups excluding carboxylic acids is 1. The smallest absolute Gasteiger partial charge is 0.259 e. The first-order valence-corrected chi connectivity index (χ1v) is 10.3. The van der Waals surface area contributed by atoms with Crippen LogP contribution in [0.25, 0.3) is 0 Å². The van der Waals surface area contributed by atoms with E-state index in [0.717, 1.165) is 50.7 Å². The molecule has 2 aromatic heterocycles. The van der Waals surface area contributed by atoms with Crippen LogP contribution in [0.2, 0.25) is 0 Å². The van der Waals surface area contributed by atoms with Crippen molar-refractivity contribution in [2.24, 2.45) is 7.05 Å². The molecule has 4 rings (SSSR count). The van der Waals surface area contributed by atoms with Crippen molar-refractivity contribution in [2.45, 2.75) is 44.8 Å². The molecule has 9 nitrogen and oxygen atoms in total. The maximum absolute atomic E-state index is 12.7. The summed E-state index contributed by atoms with van der Waals surface area (Å²) in [6, 6.07) is 3.68. The van der Waals surface area contributed by atoms with Crippen molar-refractivity contribution >= 4 is 17.7 Å². The Balaban J connectivity index is 1.42. The van der Waals surface area contributed by atoms with Crippen LogP contribution < -0.4 is 15.5 Å². The van der Waals surface area contributed by atoms with E-state index in [0.29, 0.717) is 17.4 Å². The van der Waals surface area contributed by atoms with Gasteiger partial charge in [0.2, 0.25) is 5.95 Å². The summed E-state index contributed by atoms with van der Waals surface area (Å²) in [5, 5.41) is 10.7. The van der Waals surface area contributed by atoms with Gasteiger partial charge < -0.3 is 15.0 Å². The third kappa shape index (κ3) is 4.56. The lowest BCUT2D eigenvalue weighted by atomic mass is 9.98. The number of ether oxygens (including phenoxy) is 1. The number of anilines is 2. The largest absolute Gasteiger partial charge is 0.372 e. The Morgan fingerprint density at radius 3 is 2.59 bits per heavy atom. The number of nitrogens with zero attached hydrogens (tertiary/aromatic N) is 5. The minimum absolute atomic E-state index is 0.161. The molecule has 0 saturated carbocycles. The number of amides is 1. The van der Waals surface area contributed by atoms with E-state index in [1.807, 2.05) is 6.07 Å². The Morgan fingerprint density at radius 1 is 1.21 bits per heavy atom. The lowest BCUT2D eigenvalue weighted by Crippen LogP contribution is -2.45. The number of hydrogen-bond acceptors (Lipinski definition) is 7. The molecule has 0 spiro atoms. The molecule has 2 aromatic rings. The van der Waals surface area contributed by atoms with Crippen LogP contribution >= 0.6 is 0 Å². The summed E-state index contributed by atoms with van der Waals surface area (Å²) in [6.45, 7) is 7.65. The van der Waals surface area contributed by atoms with E-state index >= 15 is 0 Å². The molecule has 0 aliphatic carbocycles. The predicted octanol–water partition coefficient (Wildman–Crippen LogP) is 1.54. The van der Waals surface area contributed by atoms with E-state index in [-0.39, 0.29) is 18.1 Å². The lowest BCUT2D eigenvalue weighted by Gasteiger charge is -2.36. The zero-order valence-electron chi connectivity index (χ0n) is 17.3. The van der Waals surface area contributed by atoms with Gasteiger partial charge in [0.15, 0.2) is 5.82 Å². The first-order valence-electron chi connectivity index (χ1n) is 10.3. The molecule has 9 heteroatoms. The number of pyridine rings is 1. The Bertz CT molecular complexity index is 835. The van der Waals surface area contributed by atoms with E-state index < -0.39 is 0 Å². The second-order valence-electron chi connectivity index (χ2n) is 7.96. The van der Waals surface area contributed by atoms with E-state index in [1.54, 1.807) is 24.0 Å². The fourth-order valence-electron chi connectivity index (χ4n) is 4.01. The van der Waals surface area contributed by atoms with Gasteiger partial charge in [0.05, 0.1) is 17.8 Å². The molecule has 0 bridgehead atoms. The van der Waals surface area contributed by atoms with Crippen LogP contribution in [0.4, 0.5) is 11.8 Å². The molecule has 2 atom stereocenters. The van der Waals surface area contributed by atoms with Crippen molar-refractivity contribution in [3.63, 3.8) is 0 Å². The first kappa shape index (κ1) is 19.8. The molecule has 2 aliphatic rings. The summed E-state index contributed by atoms with van der Waals surface area (Å²) < 4.78 is 7.40. The van der Waals surface area contributed by atoms with Gasteiger partial charge in [-0.05, 0) is 51.9 Å². The highest BCUT2D eigenvalue weighted by Crippen LogP contribution is 2.23. The topological polar surface area (TPSA) is 97.2 Å². The van der Waals surface area contributed by atoms with Crippen LogP contribution in [0, 0.1) is 0 Å². The lowest BCUT2D eigenvalue weighted by molar-refractivity contribution is -0.00546. The maximum Gasteiger partial charge on any atom is 0.259 e. The number of hydrogen-bond donors (Lipinski definition) is 2. The van der Waals surface area contributed by atoms with Crippen LogP contribution in [-0.2, 0) is 11.8 Å². The molecule has 2 fully saturated rings. The molecule has 29 heavy (non-hydrogen) atoms. The van der Waals surface area contributed by atoms with Crippen LogP contribution in [0.5, 0.6) is 0 Å². The molecule has 0 radical (unpaired) electrons. The second-order valence-corrected chi connectivity index (χ2v) is 7.96. The average molecular weight is 399 g/mol. The minimum Gasteiger partial charge on any atom is -0.372 e. The highest BCUT2D eigenvalue weighted by atomic mass is 16.5. The van der Waals surface area contributed by atoms with Gasteiger partial charge in [-0.3, -0.25) is 10.1 Å². The summed E-state index contributed by atoms with van der Waals surface area (Å²) in [4.78, 5) is 23.9. The van der Waals surface area contributed by atoms with E-state index in [4.69, 9.17) is 4.74 Å². The Kier molecular flexibility index (Phi) is 5.77. The molecular formula is C20H29N7O2. The number of nitrogens with one attached hydrogen (secondary N) is 2. The summed E-state index contributed by atoms with van der Waals surface area (Å²) in [5.74, 6) is 2.22. The monoisotopic (exact) mass is 399 g/mol. The molecule has 156 valence electrons. The average Bonchev–Trinajstić information content (AvgIpc) is 3.08. The van der Waals surface area contributed by atoms with Gasteiger partial charge in [-0.15, -0.1) is 0 Å². The summed E-state index contributed by atoms with van der Waals surface area (Å²) >= 11 is 0. The zero-order chi connectivity index (χ0) is 20.4. The standard InChI is InChI=1S/C20H29N7O2/c1-13-11-27(12-14(2)29-13)17-5-4-16(10-22-17)19(28)24-20-23-18(25-26(20)3)15-6-8-21-9-7-15/h4-5,10,13-15,21H,6-9,11-12H2,1-3H3,(H,23,24,25,28). The summed E-state index contributed by atoms with van der Waals surface area (Å²) in [6.07, 6.45) is 3.96. The van der Waals surface area contributed by atoms with Gasteiger partial charge in [0.25, 0.3) is 5.91 Å². The Hall–Kier alpha value is -2.52. The number of aromatic nitrogens is 4. The van der Waals surface area contributed by atoms with Crippen molar-refractivity contribution in [3.8, 4) is 0 Å². The normalized spacial score (nSPS) is 23.2. The fraction of sp³-hybridized carbons (Fsp3) is 0.600. The predicted molar refractivity (Wildman–Crippen MR) is 110 cm³/mol. The second kappa shape index (κ2) is 8.46. The Labute approximate surface area is 170 Å². The highest BCUT2D eigenvalue weighted by Gasteiger charge is 2.24. The van der Waals surface area contributed by atoms with Crippen molar-refractivity contribution in [3.05, 3.63) is 29.7 Å². The van der Waals surface area contributed by atoms with E-state index in [9.17, 15) is 4.79 Å². The number of morpholine rings is 1. The fourth-order valence-corrected chi connectivity index (χ4v) is 4.01. The minimum atomic E-state index is -0.236. The van der Waals surface area contributed by atoms with Crippen molar-refractivity contribution in [1.82, 2.24) is 25.1 Å². The van der Waals surface area contributed by atoms with E-state index in [1.165, 1.54) is 0 Å². The SMILES string of the molecule is CC1CN(c2ccc(C(=O)Nc3nc(C4CCNCC4)nn3C)cn2)CC(C)O1. The molecule has 4 heterocycles. The first-order chi connectivity index (χ1) is 14.0. The summed E-state index contributed by atoms with van der Waals surface area (Å²) in [5.41, 5.74) is 0.495. The van der Waals surface area contributed by atoms with Crippen LogP contribution in [0.3, 0.4) is 0 Å². The van der Waals surface area contributed by atoms with Crippen LogP contribution in [0.15, 0.2) is 18.3 Å².